The van der Waals surface area contributed by atoms with Crippen LogP contribution in [0.1, 0.15) is 16.7 Å². The van der Waals surface area contributed by atoms with Crippen molar-refractivity contribution in [3.63, 3.8) is 0 Å². The predicted octanol–water partition coefficient (Wildman–Crippen LogP) is 4.45. The quantitative estimate of drug-likeness (QED) is 0.447. The van der Waals surface area contributed by atoms with E-state index in [2.05, 4.69) is 5.84 Å². The van der Waals surface area contributed by atoms with E-state index in [-0.39, 0.29) is 12.4 Å². The average Bonchev–Trinajstić information content (AvgIpc) is 2.23. The highest BCUT2D eigenvalue weighted by Gasteiger charge is 2.44. The van der Waals surface area contributed by atoms with Crippen molar-refractivity contribution in [1.82, 2.24) is 0 Å². The van der Waals surface area contributed by atoms with Crippen LogP contribution in [0, 0.1) is 0 Å². The molecular formula is C9H6ClF9N2. The van der Waals surface area contributed by atoms with Crippen molar-refractivity contribution in [2.45, 2.75) is 18.5 Å². The van der Waals surface area contributed by atoms with Crippen molar-refractivity contribution in [2.75, 3.05) is 5.43 Å². The van der Waals surface area contributed by atoms with Gasteiger partial charge in [-0.25, -0.2) is 0 Å². The van der Waals surface area contributed by atoms with Crippen LogP contribution >= 0.6 is 12.4 Å². The molecule has 0 saturated heterocycles. The van der Waals surface area contributed by atoms with Crippen molar-refractivity contribution in [2.24, 2.45) is 5.84 Å². The van der Waals surface area contributed by atoms with Gasteiger partial charge in [0.1, 0.15) is 0 Å². The summed E-state index contributed by atoms with van der Waals surface area (Å²) >= 11 is 0. The lowest BCUT2D eigenvalue weighted by Gasteiger charge is -2.20. The third-order valence-corrected chi connectivity index (χ3v) is 2.22. The molecule has 0 fully saturated rings. The summed E-state index contributed by atoms with van der Waals surface area (Å²) in [4.78, 5) is 0. The van der Waals surface area contributed by atoms with Gasteiger partial charge in [-0.3, -0.25) is 5.84 Å². The Hall–Kier alpha value is -1.36. The first-order valence-corrected chi connectivity index (χ1v) is 4.64. The lowest BCUT2D eigenvalue weighted by atomic mass is 10.0. The molecule has 0 atom stereocenters. The van der Waals surface area contributed by atoms with Crippen LogP contribution in [0.15, 0.2) is 12.1 Å². The minimum Gasteiger partial charge on any atom is -0.323 e. The monoisotopic (exact) mass is 348 g/mol. The number of hydrogen-bond donors (Lipinski definition) is 2. The Kier molecular flexibility index (Phi) is 5.42. The molecule has 0 aromatic heterocycles. The molecule has 12 heteroatoms. The predicted molar refractivity (Wildman–Crippen MR) is 56.5 cm³/mol. The number of nitrogens with one attached hydrogen (secondary N) is 1. The third-order valence-electron chi connectivity index (χ3n) is 2.22. The van der Waals surface area contributed by atoms with Crippen LogP contribution in [0.5, 0.6) is 0 Å². The fraction of sp³-hybridized carbons (Fsp3) is 0.333. The summed E-state index contributed by atoms with van der Waals surface area (Å²) in [6.07, 6.45) is -16.3. The van der Waals surface area contributed by atoms with E-state index in [9.17, 15) is 39.5 Å². The minimum absolute atomic E-state index is 0. The smallest absolute Gasteiger partial charge is 0.323 e. The minimum atomic E-state index is -5.44. The first kappa shape index (κ1) is 19.6. The molecule has 3 N–H and O–H groups in total. The standard InChI is InChI=1S/C9H5F9N2.ClH/c10-7(11,12)3-1-4(8(13,14)15)6(20-19)5(2-3)9(16,17)18;/h1-2,20H,19H2;1H. The lowest BCUT2D eigenvalue weighted by molar-refractivity contribution is -0.147. The van der Waals surface area contributed by atoms with Gasteiger partial charge in [0.15, 0.2) is 0 Å². The molecule has 2 nitrogen and oxygen atoms in total. The van der Waals surface area contributed by atoms with E-state index in [0.29, 0.717) is 0 Å². The molecule has 0 bridgehead atoms. The van der Waals surface area contributed by atoms with E-state index in [1.54, 1.807) is 0 Å². The first-order valence-electron chi connectivity index (χ1n) is 4.64. The molecule has 21 heavy (non-hydrogen) atoms. The van der Waals surface area contributed by atoms with Gasteiger partial charge in [0, 0.05) is 0 Å². The first-order chi connectivity index (χ1) is 8.78. The summed E-state index contributed by atoms with van der Waals surface area (Å²) in [6.45, 7) is 0. The van der Waals surface area contributed by atoms with Gasteiger partial charge >= 0.3 is 18.5 Å². The molecular weight excluding hydrogens is 343 g/mol. The zero-order valence-corrected chi connectivity index (χ0v) is 10.4. The van der Waals surface area contributed by atoms with Gasteiger partial charge in [-0.05, 0) is 12.1 Å². The summed E-state index contributed by atoms with van der Waals surface area (Å²) in [5, 5.41) is 0. The molecule has 0 aliphatic heterocycles. The van der Waals surface area contributed by atoms with Gasteiger partial charge in [0.2, 0.25) is 0 Å². The number of nitrogen functional groups attached to an aromatic ring is 1. The molecule has 0 aliphatic rings. The number of hydrogen-bond acceptors (Lipinski definition) is 2. The van der Waals surface area contributed by atoms with E-state index in [4.69, 9.17) is 0 Å². The number of rotatable bonds is 1. The molecule has 0 spiro atoms. The van der Waals surface area contributed by atoms with Crippen molar-refractivity contribution >= 4 is 18.1 Å². The topological polar surface area (TPSA) is 38.0 Å². The second-order valence-electron chi connectivity index (χ2n) is 3.58. The Bertz CT molecular complexity index is 468. The highest BCUT2D eigenvalue weighted by Crippen LogP contribution is 2.45. The number of alkyl halides is 9. The van der Waals surface area contributed by atoms with Gasteiger partial charge in [0.05, 0.1) is 22.4 Å². The maximum Gasteiger partial charge on any atom is 0.418 e. The second kappa shape index (κ2) is 5.79. The highest BCUT2D eigenvalue weighted by molar-refractivity contribution is 5.85. The van der Waals surface area contributed by atoms with Crippen LogP contribution in [0.4, 0.5) is 45.2 Å². The number of nitrogens with two attached hydrogens (primary N) is 1. The SMILES string of the molecule is Cl.NNc1c(C(F)(F)F)cc(C(F)(F)F)cc1C(F)(F)F. The Morgan fingerprint density at radius 3 is 1.24 bits per heavy atom. The van der Waals surface area contributed by atoms with Crippen LogP contribution < -0.4 is 11.3 Å². The van der Waals surface area contributed by atoms with Crippen molar-refractivity contribution < 1.29 is 39.5 Å². The van der Waals surface area contributed by atoms with E-state index in [1.165, 1.54) is 0 Å². The molecule has 122 valence electrons. The van der Waals surface area contributed by atoms with E-state index < -0.39 is 53.0 Å². The summed E-state index contributed by atoms with van der Waals surface area (Å²) < 4.78 is 112. The zero-order valence-electron chi connectivity index (χ0n) is 9.54. The highest BCUT2D eigenvalue weighted by atomic mass is 35.5. The van der Waals surface area contributed by atoms with Crippen LogP contribution in [0.3, 0.4) is 0 Å². The molecule has 0 heterocycles. The molecule has 0 unspecified atom stereocenters. The van der Waals surface area contributed by atoms with E-state index >= 15 is 0 Å². The van der Waals surface area contributed by atoms with Gasteiger partial charge in [-0.2, -0.15) is 39.5 Å². The van der Waals surface area contributed by atoms with Crippen molar-refractivity contribution in [3.8, 4) is 0 Å². The molecule has 1 aromatic rings. The normalized spacial score (nSPS) is 12.9. The third kappa shape index (κ3) is 4.30. The largest absolute Gasteiger partial charge is 0.418 e. The van der Waals surface area contributed by atoms with Crippen LogP contribution in [-0.2, 0) is 18.5 Å². The summed E-state index contributed by atoms with van der Waals surface area (Å²) in [5.74, 6) is 4.57. The number of anilines is 1. The van der Waals surface area contributed by atoms with Crippen molar-refractivity contribution in [3.05, 3.63) is 28.8 Å². The summed E-state index contributed by atoms with van der Waals surface area (Å²) in [5.41, 5.74) is -6.89. The second-order valence-corrected chi connectivity index (χ2v) is 3.58. The zero-order chi connectivity index (χ0) is 15.9. The van der Waals surface area contributed by atoms with Crippen LogP contribution in [0.2, 0.25) is 0 Å². The van der Waals surface area contributed by atoms with Crippen molar-refractivity contribution in [1.29, 1.82) is 0 Å². The van der Waals surface area contributed by atoms with E-state index in [0.717, 1.165) is 5.43 Å². The Balaban J connectivity index is 0.00000400. The summed E-state index contributed by atoms with van der Waals surface area (Å²) in [7, 11) is 0. The van der Waals surface area contributed by atoms with E-state index in [1.807, 2.05) is 0 Å². The summed E-state index contributed by atoms with van der Waals surface area (Å²) in [6, 6.07) is -0.880. The Morgan fingerprint density at radius 2 is 1.05 bits per heavy atom. The van der Waals surface area contributed by atoms with Gasteiger partial charge in [-0.1, -0.05) is 0 Å². The van der Waals surface area contributed by atoms with Crippen LogP contribution in [0.25, 0.3) is 0 Å². The molecule has 1 aromatic carbocycles. The average molecular weight is 349 g/mol. The molecule has 0 saturated carbocycles. The maximum atomic E-state index is 12.5. The van der Waals surface area contributed by atoms with Gasteiger partial charge in [-0.15, -0.1) is 12.4 Å². The Morgan fingerprint density at radius 1 is 0.714 bits per heavy atom. The number of benzene rings is 1. The lowest BCUT2D eigenvalue weighted by Crippen LogP contribution is -2.22. The van der Waals surface area contributed by atoms with Crippen LogP contribution in [-0.4, -0.2) is 0 Å². The van der Waals surface area contributed by atoms with Gasteiger partial charge < -0.3 is 5.43 Å². The molecule has 0 radical (unpaired) electrons. The van der Waals surface area contributed by atoms with Gasteiger partial charge in [0.25, 0.3) is 0 Å². The molecule has 1 rings (SSSR count). The maximum absolute atomic E-state index is 12.5. The number of halogens is 10. The Labute approximate surface area is 117 Å². The molecule has 0 amide bonds. The number of hydrazine groups is 1. The fourth-order valence-electron chi connectivity index (χ4n) is 1.41. The molecule has 0 aliphatic carbocycles. The fourth-order valence-corrected chi connectivity index (χ4v) is 1.41.